The molecule has 1 unspecified atom stereocenters. The fourth-order valence-corrected chi connectivity index (χ4v) is 1.72. The molecule has 1 radical (unpaired) electrons. The van der Waals surface area contributed by atoms with Gasteiger partial charge in [-0.2, -0.15) is 0 Å². The molecule has 1 aliphatic rings. The minimum atomic E-state index is -0.215. The number of hydrogen-bond donors (Lipinski definition) is 0. The second-order valence-corrected chi connectivity index (χ2v) is 3.50. The summed E-state index contributed by atoms with van der Waals surface area (Å²) in [6, 6.07) is 6.69. The highest BCUT2D eigenvalue weighted by Crippen LogP contribution is 2.24. The summed E-state index contributed by atoms with van der Waals surface area (Å²) < 4.78 is 13.4. The predicted molar refractivity (Wildman–Crippen MR) is 58.7 cm³/mol. The third-order valence-corrected chi connectivity index (χ3v) is 2.52. The van der Waals surface area contributed by atoms with Crippen LogP contribution in [0.1, 0.15) is 11.5 Å². The summed E-state index contributed by atoms with van der Waals surface area (Å²) in [5.74, 6) is -0.357. The van der Waals surface area contributed by atoms with Crippen LogP contribution in [-0.2, 0) is 0 Å². The van der Waals surface area contributed by atoms with Crippen LogP contribution in [0.15, 0.2) is 42.5 Å². The molecule has 0 amide bonds. The molecular weight excluding hydrogens is 195 g/mol. The molecule has 0 saturated carbocycles. The second kappa shape index (κ2) is 3.84. The van der Waals surface area contributed by atoms with Crippen molar-refractivity contribution in [3.8, 4) is 0 Å². The van der Waals surface area contributed by atoms with E-state index >= 15 is 0 Å². The summed E-state index contributed by atoms with van der Waals surface area (Å²) in [6.07, 6.45) is 8.39. The quantitative estimate of drug-likeness (QED) is 0.631. The topological polar surface area (TPSA) is 0 Å². The zero-order valence-electron chi connectivity index (χ0n) is 7.41. The summed E-state index contributed by atoms with van der Waals surface area (Å²) in [5.41, 5.74) is 0.620. The third-order valence-electron chi connectivity index (χ3n) is 2.15. The summed E-state index contributed by atoms with van der Waals surface area (Å²) in [7, 11) is 0. The van der Waals surface area contributed by atoms with Crippen molar-refractivity contribution in [2.45, 2.75) is 5.92 Å². The summed E-state index contributed by atoms with van der Waals surface area (Å²) in [4.78, 5) is 0.637. The summed E-state index contributed by atoms with van der Waals surface area (Å²) in [5, 5.41) is 0. The van der Waals surface area contributed by atoms with Crippen molar-refractivity contribution in [2.24, 2.45) is 0 Å². The average molecular weight is 203 g/mol. The van der Waals surface area contributed by atoms with Gasteiger partial charge in [-0.05, 0) is 17.7 Å². The van der Waals surface area contributed by atoms with Gasteiger partial charge in [-0.25, -0.2) is 4.39 Å². The van der Waals surface area contributed by atoms with Crippen molar-refractivity contribution in [3.05, 3.63) is 60.0 Å². The number of allylic oxidation sites excluding steroid dienone is 4. The smallest absolute Gasteiger partial charge is 0.127 e. The molecule has 1 atom stereocenters. The minimum Gasteiger partial charge on any atom is -0.207 e. The lowest BCUT2D eigenvalue weighted by Gasteiger charge is -2.14. The van der Waals surface area contributed by atoms with Crippen LogP contribution in [0.4, 0.5) is 4.39 Å². The van der Waals surface area contributed by atoms with Gasteiger partial charge in [0.2, 0.25) is 0 Å². The molecule has 0 N–H and O–H groups in total. The number of halogens is 1. The molecule has 0 fully saturated rings. The number of hydrogen-bond acceptors (Lipinski definition) is 1. The maximum Gasteiger partial charge on any atom is 0.127 e. The fourth-order valence-electron chi connectivity index (χ4n) is 1.45. The lowest BCUT2D eigenvalue weighted by molar-refractivity contribution is 0.612. The van der Waals surface area contributed by atoms with Gasteiger partial charge in [0.25, 0.3) is 0 Å². The molecular formula is C12H8FS. The first-order valence-corrected chi connectivity index (χ1v) is 4.74. The molecule has 2 rings (SSSR count). The zero-order chi connectivity index (χ0) is 9.97. The largest absolute Gasteiger partial charge is 0.207 e. The Labute approximate surface area is 87.8 Å². The van der Waals surface area contributed by atoms with Crippen molar-refractivity contribution in [1.29, 1.82) is 0 Å². The Morgan fingerprint density at radius 1 is 1.29 bits per heavy atom. The third kappa shape index (κ3) is 1.66. The van der Waals surface area contributed by atoms with E-state index in [0.717, 1.165) is 0 Å². The minimum absolute atomic E-state index is 0.142. The van der Waals surface area contributed by atoms with E-state index in [9.17, 15) is 4.39 Å². The molecule has 0 saturated heterocycles. The van der Waals surface area contributed by atoms with Gasteiger partial charge in [0.1, 0.15) is 5.82 Å². The van der Waals surface area contributed by atoms with Gasteiger partial charge in [-0.3, -0.25) is 0 Å². The zero-order valence-corrected chi connectivity index (χ0v) is 8.22. The Hall–Kier alpha value is -1.28. The molecule has 0 spiro atoms. The van der Waals surface area contributed by atoms with Crippen LogP contribution in [0.2, 0.25) is 0 Å². The molecule has 0 aromatic heterocycles. The van der Waals surface area contributed by atoms with Crippen LogP contribution >= 0.6 is 12.2 Å². The highest BCUT2D eigenvalue weighted by molar-refractivity contribution is 7.80. The van der Waals surface area contributed by atoms with E-state index in [2.05, 4.69) is 6.08 Å². The Morgan fingerprint density at radius 2 is 2.07 bits per heavy atom. The molecule has 0 nitrogen and oxygen atoms in total. The van der Waals surface area contributed by atoms with Crippen LogP contribution in [0, 0.1) is 11.9 Å². The van der Waals surface area contributed by atoms with Gasteiger partial charge in [0, 0.05) is 10.8 Å². The van der Waals surface area contributed by atoms with Gasteiger partial charge in [0.05, 0.1) is 0 Å². The lowest BCUT2D eigenvalue weighted by Crippen LogP contribution is -2.09. The summed E-state index contributed by atoms with van der Waals surface area (Å²) >= 11 is 5.11. The van der Waals surface area contributed by atoms with Gasteiger partial charge in [-0.1, -0.05) is 48.6 Å². The normalized spacial score (nSPS) is 20.1. The van der Waals surface area contributed by atoms with Crippen LogP contribution in [0.5, 0.6) is 0 Å². The predicted octanol–water partition coefficient (Wildman–Crippen LogP) is 3.21. The van der Waals surface area contributed by atoms with Crippen LogP contribution in [-0.4, -0.2) is 4.86 Å². The maximum atomic E-state index is 13.4. The highest BCUT2D eigenvalue weighted by atomic mass is 32.1. The molecule has 1 aromatic carbocycles. The number of rotatable bonds is 1. The fraction of sp³-hybridized carbons (Fsp3) is 0.0833. The van der Waals surface area contributed by atoms with Crippen molar-refractivity contribution in [1.82, 2.24) is 0 Å². The van der Waals surface area contributed by atoms with Gasteiger partial charge < -0.3 is 0 Å². The lowest BCUT2D eigenvalue weighted by atomic mass is 9.92. The van der Waals surface area contributed by atoms with Crippen molar-refractivity contribution < 1.29 is 4.39 Å². The van der Waals surface area contributed by atoms with E-state index in [4.69, 9.17) is 12.2 Å². The first-order chi connectivity index (χ1) is 6.79. The van der Waals surface area contributed by atoms with Crippen molar-refractivity contribution in [3.63, 3.8) is 0 Å². The Kier molecular flexibility index (Phi) is 2.55. The van der Waals surface area contributed by atoms with Crippen LogP contribution < -0.4 is 0 Å². The van der Waals surface area contributed by atoms with Gasteiger partial charge in [-0.15, -0.1) is 0 Å². The SMILES string of the molecule is Fc1ccccc1C1C=CC=[C]C1=S. The van der Waals surface area contributed by atoms with Gasteiger partial charge >= 0.3 is 0 Å². The molecule has 14 heavy (non-hydrogen) atoms. The van der Waals surface area contributed by atoms with E-state index < -0.39 is 0 Å². The van der Waals surface area contributed by atoms with E-state index in [1.807, 2.05) is 18.2 Å². The Bertz CT molecular complexity index is 418. The molecule has 2 heteroatoms. The average Bonchev–Trinajstić information content (AvgIpc) is 2.20. The summed E-state index contributed by atoms with van der Waals surface area (Å²) in [6.45, 7) is 0. The molecule has 1 aliphatic carbocycles. The van der Waals surface area contributed by atoms with E-state index in [1.54, 1.807) is 18.2 Å². The molecule has 69 valence electrons. The standard InChI is InChI=1S/C12H8FS/c13-11-7-3-1-5-9(11)10-6-2-4-8-12(10)14/h1-7,10H. The van der Waals surface area contributed by atoms with Crippen LogP contribution in [0.25, 0.3) is 0 Å². The monoisotopic (exact) mass is 203 g/mol. The number of benzene rings is 1. The first-order valence-electron chi connectivity index (χ1n) is 4.34. The van der Waals surface area contributed by atoms with Crippen molar-refractivity contribution in [2.75, 3.05) is 0 Å². The second-order valence-electron chi connectivity index (χ2n) is 3.06. The Morgan fingerprint density at radius 3 is 2.79 bits per heavy atom. The highest BCUT2D eigenvalue weighted by Gasteiger charge is 2.16. The number of thiocarbonyl (C=S) groups is 1. The van der Waals surface area contributed by atoms with E-state index in [-0.39, 0.29) is 11.7 Å². The Balaban J connectivity index is 2.41. The van der Waals surface area contributed by atoms with E-state index in [0.29, 0.717) is 10.4 Å². The van der Waals surface area contributed by atoms with Crippen LogP contribution in [0.3, 0.4) is 0 Å². The van der Waals surface area contributed by atoms with E-state index in [1.165, 1.54) is 6.07 Å². The molecule has 0 bridgehead atoms. The first kappa shape index (κ1) is 9.28. The molecule has 0 heterocycles. The maximum absolute atomic E-state index is 13.4. The van der Waals surface area contributed by atoms with Crippen molar-refractivity contribution >= 4 is 17.1 Å². The molecule has 0 aliphatic heterocycles. The van der Waals surface area contributed by atoms with Gasteiger partial charge in [0.15, 0.2) is 0 Å². The molecule has 1 aromatic rings.